The summed E-state index contributed by atoms with van der Waals surface area (Å²) in [5.41, 5.74) is 1.22. The van der Waals surface area contributed by atoms with Gasteiger partial charge in [-0.25, -0.2) is 0 Å². The molecular weight excluding hydrogens is 364 g/mol. The number of ketones is 2. The second-order valence-corrected chi connectivity index (χ2v) is 6.67. The number of Topliss-reactive ketones (excluding diaryl/α,β-unsaturated/α-hetero) is 2. The average molecular weight is 392 g/mol. The van der Waals surface area contributed by atoms with Crippen molar-refractivity contribution in [1.82, 2.24) is 5.32 Å². The first-order valence-corrected chi connectivity index (χ1v) is 9.21. The van der Waals surface area contributed by atoms with Crippen molar-refractivity contribution < 1.29 is 29.0 Å². The van der Waals surface area contributed by atoms with E-state index in [0.717, 1.165) is 0 Å². The fourth-order valence-electron chi connectivity index (χ4n) is 2.28. The molecule has 3 N–H and O–H groups in total. The molecule has 0 aliphatic rings. The van der Waals surface area contributed by atoms with Gasteiger partial charge in [0.2, 0.25) is 0 Å². The lowest BCUT2D eigenvalue weighted by molar-refractivity contribution is -0.136. The number of ether oxygens (including phenoxy) is 1. The SMILES string of the molecule is CC(=O)c1cc(NCCOCCC(=O)C(C)C)cc(C(=O)NCCC(=O)O)c1. The first-order chi connectivity index (χ1) is 13.2. The first kappa shape index (κ1) is 23.3. The maximum Gasteiger partial charge on any atom is 0.305 e. The fraction of sp³-hybridized carbons (Fsp3) is 0.500. The van der Waals surface area contributed by atoms with E-state index in [1.165, 1.54) is 13.0 Å². The monoisotopic (exact) mass is 392 g/mol. The summed E-state index contributed by atoms with van der Waals surface area (Å²) in [4.78, 5) is 46.0. The van der Waals surface area contributed by atoms with Gasteiger partial charge in [0.05, 0.1) is 19.6 Å². The number of hydrogen-bond donors (Lipinski definition) is 3. The molecule has 1 rings (SSSR count). The summed E-state index contributed by atoms with van der Waals surface area (Å²) in [7, 11) is 0. The molecule has 0 spiro atoms. The summed E-state index contributed by atoms with van der Waals surface area (Å²) in [6.07, 6.45) is 0.193. The second-order valence-electron chi connectivity index (χ2n) is 6.67. The van der Waals surface area contributed by atoms with Crippen LogP contribution in [0.1, 0.15) is 54.3 Å². The maximum atomic E-state index is 12.2. The second kappa shape index (κ2) is 11.9. The number of carboxylic acid groups (broad SMARTS) is 1. The number of carboxylic acids is 1. The number of carbonyl (C=O) groups is 4. The Hall–Kier alpha value is -2.74. The van der Waals surface area contributed by atoms with E-state index in [-0.39, 0.29) is 36.0 Å². The standard InChI is InChI=1S/C20H28N2O6/c1-13(2)18(24)5-8-28-9-7-21-17-11-15(14(3)23)10-16(12-17)20(27)22-6-4-19(25)26/h10-13,21H,4-9H2,1-3H3,(H,22,27)(H,25,26). The van der Waals surface area contributed by atoms with Crippen LogP contribution >= 0.6 is 0 Å². The number of nitrogens with one attached hydrogen (secondary N) is 2. The van der Waals surface area contributed by atoms with Crippen LogP contribution in [0.5, 0.6) is 0 Å². The molecule has 1 aromatic rings. The van der Waals surface area contributed by atoms with E-state index < -0.39 is 11.9 Å². The van der Waals surface area contributed by atoms with E-state index in [1.807, 2.05) is 13.8 Å². The van der Waals surface area contributed by atoms with Crippen LogP contribution in [0.2, 0.25) is 0 Å². The van der Waals surface area contributed by atoms with Crippen LogP contribution in [0.4, 0.5) is 5.69 Å². The minimum Gasteiger partial charge on any atom is -0.481 e. The smallest absolute Gasteiger partial charge is 0.305 e. The van der Waals surface area contributed by atoms with Gasteiger partial charge in [-0.05, 0) is 25.1 Å². The highest BCUT2D eigenvalue weighted by atomic mass is 16.5. The van der Waals surface area contributed by atoms with Crippen LogP contribution in [0.15, 0.2) is 18.2 Å². The van der Waals surface area contributed by atoms with E-state index in [0.29, 0.717) is 37.4 Å². The molecule has 8 nitrogen and oxygen atoms in total. The Kier molecular flexibility index (Phi) is 9.87. The third kappa shape index (κ3) is 8.77. The molecule has 0 unspecified atom stereocenters. The molecule has 1 amide bonds. The molecule has 0 atom stereocenters. The van der Waals surface area contributed by atoms with Gasteiger partial charge in [0.25, 0.3) is 5.91 Å². The molecule has 0 saturated heterocycles. The summed E-state index contributed by atoms with van der Waals surface area (Å²) in [6, 6.07) is 4.70. The summed E-state index contributed by atoms with van der Waals surface area (Å²) in [6.45, 7) is 6.27. The van der Waals surface area contributed by atoms with Crippen molar-refractivity contribution in [3.05, 3.63) is 29.3 Å². The Bertz CT molecular complexity index is 715. The van der Waals surface area contributed by atoms with Crippen LogP contribution in [-0.2, 0) is 14.3 Å². The summed E-state index contributed by atoms with van der Waals surface area (Å²) in [5, 5.41) is 14.2. The van der Waals surface area contributed by atoms with Crippen molar-refractivity contribution in [2.75, 3.05) is 31.6 Å². The molecule has 0 bridgehead atoms. The normalized spacial score (nSPS) is 10.6. The Morgan fingerprint density at radius 1 is 1.00 bits per heavy atom. The van der Waals surface area contributed by atoms with Crippen LogP contribution in [0.25, 0.3) is 0 Å². The molecular formula is C20H28N2O6. The zero-order valence-electron chi connectivity index (χ0n) is 16.5. The number of carbonyl (C=O) groups excluding carboxylic acids is 3. The third-order valence-electron chi connectivity index (χ3n) is 3.94. The Balaban J connectivity index is 2.59. The highest BCUT2D eigenvalue weighted by Gasteiger charge is 2.11. The first-order valence-electron chi connectivity index (χ1n) is 9.21. The maximum absolute atomic E-state index is 12.2. The topological polar surface area (TPSA) is 122 Å². The van der Waals surface area contributed by atoms with Crippen LogP contribution in [0.3, 0.4) is 0 Å². The number of hydrogen-bond acceptors (Lipinski definition) is 6. The Morgan fingerprint density at radius 3 is 2.29 bits per heavy atom. The lowest BCUT2D eigenvalue weighted by Crippen LogP contribution is -2.26. The van der Waals surface area contributed by atoms with Crippen molar-refractivity contribution in [3.8, 4) is 0 Å². The minimum absolute atomic E-state index is 0.00360. The van der Waals surface area contributed by atoms with Gasteiger partial charge >= 0.3 is 5.97 Å². The van der Waals surface area contributed by atoms with Crippen LogP contribution in [-0.4, -0.2) is 54.9 Å². The molecule has 0 saturated carbocycles. The predicted molar refractivity (Wildman–Crippen MR) is 105 cm³/mol. The highest BCUT2D eigenvalue weighted by Crippen LogP contribution is 2.16. The van der Waals surface area contributed by atoms with Gasteiger partial charge < -0.3 is 20.5 Å². The van der Waals surface area contributed by atoms with Gasteiger partial charge in [-0.1, -0.05) is 13.8 Å². The van der Waals surface area contributed by atoms with Gasteiger partial charge in [0.1, 0.15) is 5.78 Å². The fourth-order valence-corrected chi connectivity index (χ4v) is 2.28. The van der Waals surface area contributed by atoms with E-state index in [2.05, 4.69) is 10.6 Å². The molecule has 8 heteroatoms. The molecule has 154 valence electrons. The Labute approximate surface area is 164 Å². The van der Waals surface area contributed by atoms with Crippen LogP contribution < -0.4 is 10.6 Å². The third-order valence-corrected chi connectivity index (χ3v) is 3.94. The van der Waals surface area contributed by atoms with E-state index in [9.17, 15) is 19.2 Å². The number of aliphatic carboxylic acids is 1. The molecule has 0 aromatic heterocycles. The van der Waals surface area contributed by atoms with Gasteiger partial charge in [-0.2, -0.15) is 0 Å². The number of anilines is 1. The van der Waals surface area contributed by atoms with Gasteiger partial charge in [0, 0.05) is 42.2 Å². The summed E-state index contributed by atoms with van der Waals surface area (Å²) >= 11 is 0. The Morgan fingerprint density at radius 2 is 1.68 bits per heavy atom. The predicted octanol–water partition coefficient (Wildman–Crippen LogP) is 2.14. The molecule has 28 heavy (non-hydrogen) atoms. The van der Waals surface area contributed by atoms with Crippen molar-refractivity contribution in [3.63, 3.8) is 0 Å². The van der Waals surface area contributed by atoms with Crippen molar-refractivity contribution >= 4 is 29.1 Å². The number of amides is 1. The van der Waals surface area contributed by atoms with Gasteiger partial charge in [0.15, 0.2) is 5.78 Å². The van der Waals surface area contributed by atoms with Crippen molar-refractivity contribution in [1.29, 1.82) is 0 Å². The lowest BCUT2D eigenvalue weighted by Gasteiger charge is -2.11. The molecule has 0 heterocycles. The van der Waals surface area contributed by atoms with Gasteiger partial charge in [-0.15, -0.1) is 0 Å². The number of benzene rings is 1. The molecule has 0 fully saturated rings. The summed E-state index contributed by atoms with van der Waals surface area (Å²) < 4.78 is 5.42. The molecule has 0 radical (unpaired) electrons. The van der Waals surface area contributed by atoms with Crippen molar-refractivity contribution in [2.45, 2.75) is 33.6 Å². The van der Waals surface area contributed by atoms with Gasteiger partial charge in [-0.3, -0.25) is 19.2 Å². The minimum atomic E-state index is -1.00. The highest BCUT2D eigenvalue weighted by molar-refractivity contribution is 6.01. The van der Waals surface area contributed by atoms with E-state index in [1.54, 1.807) is 12.1 Å². The zero-order chi connectivity index (χ0) is 21.1. The average Bonchev–Trinajstić information content (AvgIpc) is 2.63. The lowest BCUT2D eigenvalue weighted by atomic mass is 10.1. The van der Waals surface area contributed by atoms with Crippen LogP contribution in [0, 0.1) is 5.92 Å². The quantitative estimate of drug-likeness (QED) is 0.347. The number of rotatable bonds is 13. The molecule has 0 aliphatic heterocycles. The van der Waals surface area contributed by atoms with E-state index >= 15 is 0 Å². The van der Waals surface area contributed by atoms with E-state index in [4.69, 9.17) is 9.84 Å². The van der Waals surface area contributed by atoms with Crippen molar-refractivity contribution in [2.24, 2.45) is 5.92 Å². The summed E-state index contributed by atoms with van der Waals surface area (Å²) in [5.74, 6) is -1.49. The largest absolute Gasteiger partial charge is 0.481 e. The zero-order valence-corrected chi connectivity index (χ0v) is 16.5. The molecule has 0 aliphatic carbocycles. The molecule has 1 aromatic carbocycles.